The highest BCUT2D eigenvalue weighted by atomic mass is 19.1. The van der Waals surface area contributed by atoms with E-state index in [0.717, 1.165) is 11.0 Å². The molecule has 0 aliphatic rings. The van der Waals surface area contributed by atoms with Crippen LogP contribution in [0.4, 0.5) is 10.3 Å². The van der Waals surface area contributed by atoms with E-state index >= 15 is 0 Å². The molecule has 0 unspecified atom stereocenters. The highest BCUT2D eigenvalue weighted by Crippen LogP contribution is 2.13. The normalized spacial score (nSPS) is 10.5. The Kier molecular flexibility index (Phi) is 4.51. The van der Waals surface area contributed by atoms with Crippen molar-refractivity contribution < 1.29 is 14.0 Å². The summed E-state index contributed by atoms with van der Waals surface area (Å²) in [7, 11) is 0. The molecule has 0 aliphatic heterocycles. The van der Waals surface area contributed by atoms with Crippen LogP contribution in [-0.2, 0) is 4.79 Å². The zero-order chi connectivity index (χ0) is 16.9. The van der Waals surface area contributed by atoms with E-state index in [-0.39, 0.29) is 24.8 Å². The Balaban J connectivity index is 1.48. The number of H-pyrrole nitrogens is 1. The molecule has 0 atom stereocenters. The molecule has 2 aromatic carbocycles. The number of halogens is 1. The number of hydrogen-bond donors (Lipinski definition) is 3. The first-order valence-electron chi connectivity index (χ1n) is 7.40. The maximum absolute atomic E-state index is 12.8. The molecule has 3 N–H and O–H groups in total. The standard InChI is InChI=1S/C17H15FN4O2/c18-12-7-5-11(6-8-12)16(24)19-10-9-15(23)22-17-20-13-3-1-2-4-14(13)21-17/h1-8H,9-10H2,(H,19,24)(H2,20,21,22,23). The van der Waals surface area contributed by atoms with Gasteiger partial charge in [0.25, 0.3) is 5.91 Å². The number of para-hydroxylation sites is 2. The Morgan fingerprint density at radius 1 is 1.08 bits per heavy atom. The summed E-state index contributed by atoms with van der Waals surface area (Å²) in [4.78, 5) is 30.9. The molecule has 0 bridgehead atoms. The van der Waals surface area contributed by atoms with Gasteiger partial charge < -0.3 is 10.3 Å². The topological polar surface area (TPSA) is 86.9 Å². The van der Waals surface area contributed by atoms with Crippen molar-refractivity contribution in [3.8, 4) is 0 Å². The first-order chi connectivity index (χ1) is 11.6. The smallest absolute Gasteiger partial charge is 0.251 e. The number of amides is 2. The second kappa shape index (κ2) is 6.91. The molecule has 2 amide bonds. The summed E-state index contributed by atoms with van der Waals surface area (Å²) < 4.78 is 12.8. The Hall–Kier alpha value is -3.22. The minimum atomic E-state index is -0.406. The highest BCUT2D eigenvalue weighted by Gasteiger charge is 2.09. The van der Waals surface area contributed by atoms with E-state index in [1.807, 2.05) is 24.3 Å². The molecule has 6 nitrogen and oxygen atoms in total. The largest absolute Gasteiger partial charge is 0.352 e. The molecule has 3 aromatic rings. The first-order valence-corrected chi connectivity index (χ1v) is 7.40. The molecule has 0 saturated heterocycles. The van der Waals surface area contributed by atoms with Gasteiger partial charge in [0.1, 0.15) is 5.82 Å². The van der Waals surface area contributed by atoms with E-state index < -0.39 is 5.82 Å². The molecule has 0 fully saturated rings. The molecule has 7 heteroatoms. The van der Waals surface area contributed by atoms with Crippen LogP contribution < -0.4 is 10.6 Å². The maximum atomic E-state index is 12.8. The van der Waals surface area contributed by atoms with Crippen LogP contribution in [0.25, 0.3) is 11.0 Å². The van der Waals surface area contributed by atoms with E-state index in [1.165, 1.54) is 24.3 Å². The Morgan fingerprint density at radius 3 is 2.58 bits per heavy atom. The molecule has 1 aromatic heterocycles. The number of aromatic amines is 1. The summed E-state index contributed by atoms with van der Waals surface area (Å²) in [5.41, 5.74) is 1.93. The third kappa shape index (κ3) is 3.75. The van der Waals surface area contributed by atoms with Crippen molar-refractivity contribution in [2.24, 2.45) is 0 Å². The van der Waals surface area contributed by atoms with Crippen LogP contribution in [0.2, 0.25) is 0 Å². The lowest BCUT2D eigenvalue weighted by molar-refractivity contribution is -0.116. The number of anilines is 1. The Labute approximate surface area is 137 Å². The summed E-state index contributed by atoms with van der Waals surface area (Å²) in [5.74, 6) is -0.664. The number of benzene rings is 2. The molecule has 3 rings (SSSR count). The van der Waals surface area contributed by atoms with Crippen LogP contribution >= 0.6 is 0 Å². The second-order valence-corrected chi connectivity index (χ2v) is 5.16. The van der Waals surface area contributed by atoms with Gasteiger partial charge in [-0.2, -0.15) is 0 Å². The van der Waals surface area contributed by atoms with E-state index in [2.05, 4.69) is 20.6 Å². The van der Waals surface area contributed by atoms with Crippen molar-refractivity contribution in [1.82, 2.24) is 15.3 Å². The van der Waals surface area contributed by atoms with Crippen molar-refractivity contribution in [3.05, 3.63) is 59.9 Å². The van der Waals surface area contributed by atoms with E-state index in [0.29, 0.717) is 11.5 Å². The highest BCUT2D eigenvalue weighted by molar-refractivity contribution is 5.95. The zero-order valence-corrected chi connectivity index (χ0v) is 12.7. The summed E-state index contributed by atoms with van der Waals surface area (Å²) in [6.45, 7) is 0.169. The van der Waals surface area contributed by atoms with Crippen LogP contribution in [-0.4, -0.2) is 28.3 Å². The minimum Gasteiger partial charge on any atom is -0.352 e. The molecule has 0 radical (unpaired) electrons. The van der Waals surface area contributed by atoms with E-state index in [4.69, 9.17) is 0 Å². The number of rotatable bonds is 5. The van der Waals surface area contributed by atoms with Crippen LogP contribution in [0.3, 0.4) is 0 Å². The number of imidazole rings is 1. The summed E-state index contributed by atoms with van der Waals surface area (Å²) in [6, 6.07) is 12.6. The van der Waals surface area contributed by atoms with Crippen LogP contribution in [0.5, 0.6) is 0 Å². The number of fused-ring (bicyclic) bond motifs is 1. The van der Waals surface area contributed by atoms with Gasteiger partial charge in [0.05, 0.1) is 11.0 Å². The number of carbonyl (C=O) groups excluding carboxylic acids is 2. The second-order valence-electron chi connectivity index (χ2n) is 5.16. The number of aromatic nitrogens is 2. The maximum Gasteiger partial charge on any atom is 0.251 e. The summed E-state index contributed by atoms with van der Waals surface area (Å²) in [5, 5.41) is 5.25. The van der Waals surface area contributed by atoms with Crippen molar-refractivity contribution in [2.75, 3.05) is 11.9 Å². The fourth-order valence-corrected chi connectivity index (χ4v) is 2.20. The number of carbonyl (C=O) groups is 2. The van der Waals surface area contributed by atoms with Crippen LogP contribution in [0, 0.1) is 5.82 Å². The predicted octanol–water partition coefficient (Wildman–Crippen LogP) is 2.46. The molecule has 0 aliphatic carbocycles. The number of nitrogens with one attached hydrogen (secondary N) is 3. The zero-order valence-electron chi connectivity index (χ0n) is 12.7. The lowest BCUT2D eigenvalue weighted by Crippen LogP contribution is -2.27. The number of hydrogen-bond acceptors (Lipinski definition) is 3. The Morgan fingerprint density at radius 2 is 1.83 bits per heavy atom. The summed E-state index contributed by atoms with van der Waals surface area (Å²) >= 11 is 0. The van der Waals surface area contributed by atoms with E-state index in [1.54, 1.807) is 0 Å². The van der Waals surface area contributed by atoms with Gasteiger partial charge in [-0.05, 0) is 36.4 Å². The van der Waals surface area contributed by atoms with Crippen molar-refractivity contribution >= 4 is 28.8 Å². The van der Waals surface area contributed by atoms with Gasteiger partial charge in [0.15, 0.2) is 0 Å². The van der Waals surface area contributed by atoms with Gasteiger partial charge in [-0.15, -0.1) is 0 Å². The van der Waals surface area contributed by atoms with E-state index in [9.17, 15) is 14.0 Å². The Bertz CT molecular complexity index is 841. The third-order valence-electron chi connectivity index (χ3n) is 3.39. The van der Waals surface area contributed by atoms with Crippen LogP contribution in [0.1, 0.15) is 16.8 Å². The minimum absolute atomic E-state index is 0.101. The third-order valence-corrected chi connectivity index (χ3v) is 3.39. The molecule has 0 spiro atoms. The van der Waals surface area contributed by atoms with Crippen molar-refractivity contribution in [1.29, 1.82) is 0 Å². The summed E-state index contributed by atoms with van der Waals surface area (Å²) in [6.07, 6.45) is 0.101. The number of nitrogens with zero attached hydrogens (tertiary/aromatic N) is 1. The van der Waals surface area contributed by atoms with Crippen LogP contribution in [0.15, 0.2) is 48.5 Å². The van der Waals surface area contributed by atoms with Gasteiger partial charge in [-0.25, -0.2) is 9.37 Å². The predicted molar refractivity (Wildman–Crippen MR) is 88.1 cm³/mol. The molecule has 0 saturated carbocycles. The lowest BCUT2D eigenvalue weighted by atomic mass is 10.2. The van der Waals surface area contributed by atoms with Crippen molar-refractivity contribution in [3.63, 3.8) is 0 Å². The molecule has 24 heavy (non-hydrogen) atoms. The SMILES string of the molecule is O=C(CCNC(=O)c1ccc(F)cc1)Nc1nc2ccccc2[nH]1. The molecule has 1 heterocycles. The van der Waals surface area contributed by atoms with Gasteiger partial charge >= 0.3 is 0 Å². The average molecular weight is 326 g/mol. The van der Waals surface area contributed by atoms with Gasteiger partial charge in [0.2, 0.25) is 11.9 Å². The van der Waals surface area contributed by atoms with Crippen molar-refractivity contribution in [2.45, 2.75) is 6.42 Å². The molecular formula is C17H15FN4O2. The average Bonchev–Trinajstić information content (AvgIpc) is 2.97. The monoisotopic (exact) mass is 326 g/mol. The van der Waals surface area contributed by atoms with Gasteiger partial charge in [-0.3, -0.25) is 14.9 Å². The van der Waals surface area contributed by atoms with Gasteiger partial charge in [0, 0.05) is 18.5 Å². The fraction of sp³-hybridized carbons (Fsp3) is 0.118. The lowest BCUT2D eigenvalue weighted by Gasteiger charge is -2.05. The first kappa shape index (κ1) is 15.7. The molecular weight excluding hydrogens is 311 g/mol. The quantitative estimate of drug-likeness (QED) is 0.673. The van der Waals surface area contributed by atoms with Gasteiger partial charge in [-0.1, -0.05) is 12.1 Å². The fourth-order valence-electron chi connectivity index (χ4n) is 2.20. The molecule has 122 valence electrons.